The van der Waals surface area contributed by atoms with Crippen LogP contribution in [0.4, 0.5) is 5.69 Å². The molecule has 0 radical (unpaired) electrons. The number of esters is 1. The number of methoxy groups -OCH3 is 3. The summed E-state index contributed by atoms with van der Waals surface area (Å²) in [4.78, 5) is 12.6. The summed E-state index contributed by atoms with van der Waals surface area (Å²) in [7, 11) is 4.61. The average molecular weight is 405 g/mol. The molecule has 2 heterocycles. The van der Waals surface area contributed by atoms with Crippen LogP contribution in [0.1, 0.15) is 22.1 Å². The maximum Gasteiger partial charge on any atom is 0.344 e. The van der Waals surface area contributed by atoms with Crippen molar-refractivity contribution in [3.8, 4) is 17.2 Å². The third kappa shape index (κ3) is 2.62. The summed E-state index contributed by atoms with van der Waals surface area (Å²) >= 11 is 0. The molecule has 0 fully saturated rings. The Morgan fingerprint density at radius 1 is 0.867 bits per heavy atom. The molecule has 1 N–H and O–H groups in total. The van der Waals surface area contributed by atoms with Crippen LogP contribution in [0.2, 0.25) is 0 Å². The molecule has 1 aromatic heterocycles. The topological polar surface area (TPSA) is 79.2 Å². The number of nitrogens with one attached hydrogen (secondary N) is 1. The fourth-order valence-corrected chi connectivity index (χ4v) is 3.88. The first-order chi connectivity index (χ1) is 14.6. The zero-order valence-electron chi connectivity index (χ0n) is 16.6. The summed E-state index contributed by atoms with van der Waals surface area (Å²) in [6.45, 7) is 0. The van der Waals surface area contributed by atoms with E-state index >= 15 is 0 Å². The standard InChI is InChI=1S/C23H19NO6/c1-26-17-9-8-13-20(21(17)28-3)23(25)30-22(13)24-15-11-18-14(10-19(15)27-2)12-6-4-5-7-16(12)29-18/h4-11,22,24H,1-3H3/t22-/m0/s1. The van der Waals surface area contributed by atoms with Gasteiger partial charge in [0.05, 0.1) is 27.0 Å². The van der Waals surface area contributed by atoms with Gasteiger partial charge >= 0.3 is 5.97 Å². The zero-order valence-corrected chi connectivity index (χ0v) is 16.6. The molecule has 0 saturated heterocycles. The van der Waals surface area contributed by atoms with Crippen LogP contribution in [0.15, 0.2) is 52.9 Å². The van der Waals surface area contributed by atoms with Crippen LogP contribution < -0.4 is 19.5 Å². The van der Waals surface area contributed by atoms with Crippen molar-refractivity contribution in [3.63, 3.8) is 0 Å². The van der Waals surface area contributed by atoms with Crippen LogP contribution in [0.25, 0.3) is 21.9 Å². The van der Waals surface area contributed by atoms with Crippen LogP contribution >= 0.6 is 0 Å². The van der Waals surface area contributed by atoms with E-state index in [0.29, 0.717) is 39.6 Å². The lowest BCUT2D eigenvalue weighted by Gasteiger charge is -2.17. The molecule has 0 unspecified atom stereocenters. The van der Waals surface area contributed by atoms with Gasteiger partial charge in [-0.25, -0.2) is 4.79 Å². The Labute approximate surface area is 172 Å². The van der Waals surface area contributed by atoms with Crippen LogP contribution in [-0.4, -0.2) is 27.3 Å². The third-order valence-electron chi connectivity index (χ3n) is 5.27. The Hall–Kier alpha value is -3.87. The molecule has 0 spiro atoms. The van der Waals surface area contributed by atoms with Gasteiger partial charge in [0.2, 0.25) is 6.23 Å². The normalized spacial score (nSPS) is 15.2. The number of carbonyl (C=O) groups excluding carboxylic acids is 1. The number of rotatable bonds is 5. The van der Waals surface area contributed by atoms with E-state index in [1.54, 1.807) is 19.2 Å². The number of carbonyl (C=O) groups is 1. The number of para-hydroxylation sites is 1. The van der Waals surface area contributed by atoms with E-state index in [2.05, 4.69) is 5.32 Å². The monoisotopic (exact) mass is 405 g/mol. The molecule has 3 aromatic carbocycles. The summed E-state index contributed by atoms with van der Waals surface area (Å²) in [6, 6.07) is 15.1. The molecule has 1 atom stereocenters. The summed E-state index contributed by atoms with van der Waals surface area (Å²) in [5.41, 5.74) is 3.14. The van der Waals surface area contributed by atoms with E-state index in [1.807, 2.05) is 36.4 Å². The molecule has 0 aliphatic carbocycles. The van der Waals surface area contributed by atoms with E-state index in [9.17, 15) is 4.79 Å². The van der Waals surface area contributed by atoms with E-state index in [4.69, 9.17) is 23.4 Å². The van der Waals surface area contributed by atoms with Crippen LogP contribution in [0.3, 0.4) is 0 Å². The highest BCUT2D eigenvalue weighted by Gasteiger charge is 2.36. The fraction of sp³-hybridized carbons (Fsp3) is 0.174. The first kappa shape index (κ1) is 18.2. The molecule has 0 bridgehead atoms. The molecular formula is C23H19NO6. The van der Waals surface area contributed by atoms with Crippen molar-refractivity contribution in [3.05, 3.63) is 59.7 Å². The Balaban J connectivity index is 1.59. The predicted octanol–water partition coefficient (Wildman–Crippen LogP) is 4.89. The minimum absolute atomic E-state index is 0.345. The van der Waals surface area contributed by atoms with Crippen molar-refractivity contribution >= 4 is 33.6 Å². The SMILES string of the molecule is COc1cc2c(cc1N[C@H]1OC(=O)c3c1ccc(OC)c3OC)oc1ccccc12. The largest absolute Gasteiger partial charge is 0.495 e. The fourth-order valence-electron chi connectivity index (χ4n) is 3.88. The van der Waals surface area contributed by atoms with E-state index in [-0.39, 0.29) is 0 Å². The van der Waals surface area contributed by atoms with Crippen molar-refractivity contribution in [1.82, 2.24) is 0 Å². The number of furan rings is 1. The quantitative estimate of drug-likeness (QED) is 0.474. The van der Waals surface area contributed by atoms with E-state index in [1.165, 1.54) is 14.2 Å². The molecule has 5 rings (SSSR count). The third-order valence-corrected chi connectivity index (χ3v) is 5.27. The lowest BCUT2D eigenvalue weighted by Crippen LogP contribution is -2.11. The predicted molar refractivity (Wildman–Crippen MR) is 112 cm³/mol. The number of hydrogen-bond acceptors (Lipinski definition) is 7. The number of ether oxygens (including phenoxy) is 4. The molecule has 152 valence electrons. The minimum Gasteiger partial charge on any atom is -0.495 e. The summed E-state index contributed by atoms with van der Waals surface area (Å²) in [5.74, 6) is 0.945. The van der Waals surface area contributed by atoms with E-state index in [0.717, 1.165) is 16.4 Å². The number of cyclic esters (lactones) is 1. The second kappa shape index (κ2) is 6.88. The first-order valence-corrected chi connectivity index (χ1v) is 9.36. The maximum absolute atomic E-state index is 12.6. The summed E-state index contributed by atoms with van der Waals surface area (Å²) in [6.07, 6.45) is -0.706. The molecule has 1 aliphatic rings. The van der Waals surface area contributed by atoms with Gasteiger partial charge in [-0.2, -0.15) is 0 Å². The van der Waals surface area contributed by atoms with Gasteiger partial charge in [0.15, 0.2) is 11.5 Å². The molecule has 30 heavy (non-hydrogen) atoms. The molecule has 7 nitrogen and oxygen atoms in total. The van der Waals surface area contributed by atoms with Gasteiger partial charge < -0.3 is 28.7 Å². The summed E-state index contributed by atoms with van der Waals surface area (Å²) < 4.78 is 27.8. The second-order valence-corrected chi connectivity index (χ2v) is 6.84. The average Bonchev–Trinajstić information content (AvgIpc) is 3.29. The van der Waals surface area contributed by atoms with Gasteiger partial charge in [-0.05, 0) is 24.3 Å². The molecule has 4 aromatic rings. The highest BCUT2D eigenvalue weighted by Crippen LogP contribution is 2.44. The molecule has 1 aliphatic heterocycles. The van der Waals surface area contributed by atoms with Gasteiger partial charge in [0, 0.05) is 22.4 Å². The van der Waals surface area contributed by atoms with Gasteiger partial charge in [0.1, 0.15) is 22.5 Å². The lowest BCUT2D eigenvalue weighted by molar-refractivity contribution is 0.0434. The molecule has 0 saturated carbocycles. The first-order valence-electron chi connectivity index (χ1n) is 9.36. The van der Waals surface area contributed by atoms with Crippen LogP contribution in [0.5, 0.6) is 17.2 Å². The minimum atomic E-state index is -0.706. The van der Waals surface area contributed by atoms with Crippen molar-refractivity contribution in [2.45, 2.75) is 6.23 Å². The molecular weight excluding hydrogens is 386 g/mol. The Bertz CT molecular complexity index is 1290. The highest BCUT2D eigenvalue weighted by atomic mass is 16.6. The van der Waals surface area contributed by atoms with Crippen molar-refractivity contribution in [1.29, 1.82) is 0 Å². The lowest BCUT2D eigenvalue weighted by atomic mass is 10.1. The van der Waals surface area contributed by atoms with Gasteiger partial charge in [-0.3, -0.25) is 0 Å². The van der Waals surface area contributed by atoms with Gasteiger partial charge in [-0.15, -0.1) is 0 Å². The number of fused-ring (bicyclic) bond motifs is 4. The Morgan fingerprint density at radius 2 is 1.67 bits per heavy atom. The number of hydrogen-bond donors (Lipinski definition) is 1. The number of benzene rings is 3. The second-order valence-electron chi connectivity index (χ2n) is 6.84. The van der Waals surface area contributed by atoms with Crippen LogP contribution in [-0.2, 0) is 4.74 Å². The van der Waals surface area contributed by atoms with Crippen molar-refractivity contribution in [2.24, 2.45) is 0 Å². The van der Waals surface area contributed by atoms with E-state index < -0.39 is 12.2 Å². The summed E-state index contributed by atoms with van der Waals surface area (Å²) in [5, 5.41) is 5.20. The Kier molecular flexibility index (Phi) is 4.17. The number of anilines is 1. The molecule has 7 heteroatoms. The van der Waals surface area contributed by atoms with Crippen molar-refractivity contribution in [2.75, 3.05) is 26.6 Å². The van der Waals surface area contributed by atoms with Crippen molar-refractivity contribution < 1.29 is 28.2 Å². The van der Waals surface area contributed by atoms with Crippen LogP contribution in [0, 0.1) is 0 Å². The van der Waals surface area contributed by atoms with Gasteiger partial charge in [-0.1, -0.05) is 18.2 Å². The zero-order chi connectivity index (χ0) is 20.8. The van der Waals surface area contributed by atoms with Gasteiger partial charge in [0.25, 0.3) is 0 Å². The smallest absolute Gasteiger partial charge is 0.344 e. The molecule has 0 amide bonds. The maximum atomic E-state index is 12.6. The Morgan fingerprint density at radius 3 is 2.43 bits per heavy atom. The highest BCUT2D eigenvalue weighted by molar-refractivity contribution is 6.06.